The Hall–Kier alpha value is -1.60. The number of nitrogens with zero attached hydrogens (tertiary/aromatic N) is 2. The molecule has 1 rings (SSSR count). The van der Waals surface area contributed by atoms with Crippen molar-refractivity contribution in [3.63, 3.8) is 0 Å². The molecular weight excluding hydrogens is 181 g/mol. The van der Waals surface area contributed by atoms with Crippen molar-refractivity contribution >= 4 is 5.97 Å². The van der Waals surface area contributed by atoms with Gasteiger partial charge in [-0.3, -0.25) is 0 Å². The van der Waals surface area contributed by atoms with Crippen LogP contribution < -0.4 is 0 Å². The van der Waals surface area contributed by atoms with Crippen LogP contribution in [-0.4, -0.2) is 21.4 Å². The predicted octanol–water partition coefficient (Wildman–Crippen LogP) is 0.787. The van der Waals surface area contributed by atoms with Crippen molar-refractivity contribution < 1.29 is 27.7 Å². The van der Waals surface area contributed by atoms with Crippen molar-refractivity contribution in [3.05, 3.63) is 11.4 Å². The first-order valence-electron chi connectivity index (χ1n) is 2.56. The van der Waals surface area contributed by atoms with Crippen molar-refractivity contribution in [1.29, 1.82) is 0 Å². The fraction of sp³-hybridized carbons (Fsp3) is 0.250. The minimum Gasteiger partial charge on any atom is -0.476 e. The molecule has 12 heavy (non-hydrogen) atoms. The van der Waals surface area contributed by atoms with Gasteiger partial charge in [0.2, 0.25) is 11.4 Å². The van der Waals surface area contributed by atoms with E-state index in [2.05, 4.69) is 14.9 Å². The summed E-state index contributed by atoms with van der Waals surface area (Å²) in [7, 11) is 0. The Balaban J connectivity index is 3.17. The number of rotatable bonds is 1. The van der Waals surface area contributed by atoms with Crippen LogP contribution in [0.1, 0.15) is 16.2 Å². The van der Waals surface area contributed by atoms with E-state index in [1.54, 1.807) is 0 Å². The van der Waals surface area contributed by atoms with Gasteiger partial charge in [0.15, 0.2) is 0 Å². The van der Waals surface area contributed by atoms with Gasteiger partial charge >= 0.3 is 12.1 Å². The second-order valence-electron chi connectivity index (χ2n) is 1.76. The molecule has 0 aliphatic rings. The Morgan fingerprint density at radius 3 is 2.33 bits per heavy atom. The minimum absolute atomic E-state index is 1.23. The van der Waals surface area contributed by atoms with Crippen LogP contribution >= 0.6 is 0 Å². The molecule has 0 amide bonds. The van der Waals surface area contributed by atoms with Gasteiger partial charge < -0.3 is 5.11 Å². The Morgan fingerprint density at radius 1 is 1.42 bits per heavy atom. The number of alkyl halides is 3. The van der Waals surface area contributed by atoms with E-state index in [0.29, 0.717) is 0 Å². The Morgan fingerprint density at radius 2 is 2.00 bits per heavy atom. The summed E-state index contributed by atoms with van der Waals surface area (Å²) in [5, 5.41) is 13.1. The highest BCUT2D eigenvalue weighted by Gasteiger charge is 2.41. The van der Waals surface area contributed by atoms with E-state index < -0.39 is 23.5 Å². The van der Waals surface area contributed by atoms with Crippen LogP contribution in [0.5, 0.6) is 0 Å². The largest absolute Gasteiger partial charge is 0.476 e. The van der Waals surface area contributed by atoms with Crippen molar-refractivity contribution in [3.8, 4) is 0 Å². The summed E-state index contributed by atoms with van der Waals surface area (Å²) < 4.78 is 39.1. The number of hydrogen-bond acceptors (Lipinski definition) is 4. The van der Waals surface area contributed by atoms with E-state index >= 15 is 0 Å². The average molecular weight is 182 g/mol. The lowest BCUT2D eigenvalue weighted by molar-refractivity contribution is -0.143. The van der Waals surface area contributed by atoms with Crippen LogP contribution in [0.3, 0.4) is 0 Å². The molecule has 0 unspecified atom stereocenters. The number of halogens is 3. The van der Waals surface area contributed by atoms with E-state index in [1.165, 1.54) is 0 Å². The molecule has 0 fully saturated rings. The summed E-state index contributed by atoms with van der Waals surface area (Å²) in [4.78, 5) is 10.1. The molecule has 5 nitrogen and oxygen atoms in total. The van der Waals surface area contributed by atoms with Crippen molar-refractivity contribution in [2.45, 2.75) is 6.18 Å². The zero-order chi connectivity index (χ0) is 9.35. The van der Waals surface area contributed by atoms with Crippen LogP contribution in [0.2, 0.25) is 0 Å². The SMILES string of the molecule is O=C(O)c1nonc1C(F)(F)F. The molecule has 1 aromatic rings. The van der Waals surface area contributed by atoms with Gasteiger partial charge in [0.25, 0.3) is 0 Å². The molecule has 0 bridgehead atoms. The average Bonchev–Trinajstić information content (AvgIpc) is 2.30. The topological polar surface area (TPSA) is 76.2 Å². The molecule has 1 N–H and O–H groups in total. The zero-order valence-corrected chi connectivity index (χ0v) is 5.29. The van der Waals surface area contributed by atoms with Crippen LogP contribution in [0, 0.1) is 0 Å². The van der Waals surface area contributed by atoms with Gasteiger partial charge in [0.1, 0.15) is 0 Å². The van der Waals surface area contributed by atoms with Crippen molar-refractivity contribution in [1.82, 2.24) is 10.3 Å². The second kappa shape index (κ2) is 2.47. The molecular formula is C4HF3N2O3. The lowest BCUT2D eigenvalue weighted by atomic mass is 10.3. The molecule has 0 saturated heterocycles. The maximum Gasteiger partial charge on any atom is 0.439 e. The molecule has 1 aromatic heterocycles. The number of carboxylic acids is 1. The van der Waals surface area contributed by atoms with Crippen LogP contribution in [0.15, 0.2) is 4.63 Å². The summed E-state index contributed by atoms with van der Waals surface area (Å²) in [5.74, 6) is -1.83. The number of aromatic carboxylic acids is 1. The van der Waals surface area contributed by atoms with Gasteiger partial charge in [-0.05, 0) is 10.3 Å². The molecule has 66 valence electrons. The van der Waals surface area contributed by atoms with Crippen LogP contribution in [0.4, 0.5) is 13.2 Å². The maximum atomic E-state index is 11.8. The van der Waals surface area contributed by atoms with E-state index in [1.807, 2.05) is 0 Å². The summed E-state index contributed by atoms with van der Waals surface area (Å²) in [5.41, 5.74) is -2.86. The highest BCUT2D eigenvalue weighted by Crippen LogP contribution is 2.29. The normalized spacial score (nSPS) is 11.6. The van der Waals surface area contributed by atoms with E-state index in [0.717, 1.165) is 0 Å². The maximum absolute atomic E-state index is 11.8. The summed E-state index contributed by atoms with van der Waals surface area (Å²) in [6.07, 6.45) is -4.85. The molecule has 0 aliphatic carbocycles. The van der Waals surface area contributed by atoms with Crippen LogP contribution in [0.25, 0.3) is 0 Å². The highest BCUT2D eigenvalue weighted by molar-refractivity contribution is 5.86. The third-order valence-corrected chi connectivity index (χ3v) is 0.960. The number of carbonyl (C=O) groups is 1. The van der Waals surface area contributed by atoms with E-state index in [-0.39, 0.29) is 0 Å². The molecule has 0 saturated carbocycles. The third kappa shape index (κ3) is 1.36. The Kier molecular flexibility index (Phi) is 1.75. The standard InChI is InChI=1S/C4HF3N2O3/c5-4(6,7)2-1(3(10)11)8-12-9-2/h(H,10,11). The number of hydrogen-bond donors (Lipinski definition) is 1. The lowest BCUT2D eigenvalue weighted by Gasteiger charge is -1.99. The van der Waals surface area contributed by atoms with Gasteiger partial charge in [-0.2, -0.15) is 13.2 Å². The summed E-state index contributed by atoms with van der Waals surface area (Å²) in [6.45, 7) is 0. The first-order valence-corrected chi connectivity index (χ1v) is 2.56. The van der Waals surface area contributed by atoms with Crippen molar-refractivity contribution in [2.75, 3.05) is 0 Å². The zero-order valence-electron chi connectivity index (χ0n) is 5.29. The summed E-state index contributed by atoms with van der Waals surface area (Å²) in [6, 6.07) is 0. The van der Waals surface area contributed by atoms with Crippen LogP contribution in [-0.2, 0) is 6.18 Å². The fourth-order valence-electron chi connectivity index (χ4n) is 0.515. The van der Waals surface area contributed by atoms with E-state index in [9.17, 15) is 18.0 Å². The lowest BCUT2D eigenvalue weighted by Crippen LogP contribution is -2.12. The first kappa shape index (κ1) is 8.50. The molecule has 0 spiro atoms. The van der Waals surface area contributed by atoms with Gasteiger partial charge in [-0.15, -0.1) is 0 Å². The number of carboxylic acid groups (broad SMARTS) is 1. The third-order valence-electron chi connectivity index (χ3n) is 0.960. The Labute approximate surface area is 62.7 Å². The fourth-order valence-corrected chi connectivity index (χ4v) is 0.515. The molecule has 0 atom stereocenters. The molecule has 1 heterocycles. The van der Waals surface area contributed by atoms with Gasteiger partial charge in [-0.25, -0.2) is 9.42 Å². The monoisotopic (exact) mass is 182 g/mol. The minimum atomic E-state index is -4.85. The Bertz CT molecular complexity index is 305. The quantitative estimate of drug-likeness (QED) is 0.694. The predicted molar refractivity (Wildman–Crippen MR) is 26.3 cm³/mol. The molecule has 0 aliphatic heterocycles. The molecule has 0 radical (unpaired) electrons. The highest BCUT2D eigenvalue weighted by atomic mass is 19.4. The first-order chi connectivity index (χ1) is 5.43. The smallest absolute Gasteiger partial charge is 0.439 e. The van der Waals surface area contributed by atoms with Gasteiger partial charge in [-0.1, -0.05) is 0 Å². The van der Waals surface area contributed by atoms with E-state index in [4.69, 9.17) is 5.11 Å². The van der Waals surface area contributed by atoms with Crippen molar-refractivity contribution in [2.24, 2.45) is 0 Å². The molecule has 0 aromatic carbocycles. The molecule has 8 heteroatoms. The van der Waals surface area contributed by atoms with Gasteiger partial charge in [0, 0.05) is 0 Å². The summed E-state index contributed by atoms with van der Waals surface area (Å²) >= 11 is 0. The second-order valence-corrected chi connectivity index (χ2v) is 1.76. The van der Waals surface area contributed by atoms with Gasteiger partial charge in [0.05, 0.1) is 0 Å². The number of aromatic nitrogens is 2.